The van der Waals surface area contributed by atoms with Gasteiger partial charge in [0.1, 0.15) is 0 Å². The van der Waals surface area contributed by atoms with E-state index < -0.39 is 14.7 Å². The van der Waals surface area contributed by atoms with Gasteiger partial charge in [0.25, 0.3) is 0 Å². The van der Waals surface area contributed by atoms with E-state index in [0.717, 1.165) is 0 Å². The molecule has 0 aliphatic heterocycles. The molecule has 0 fully saturated rings. The van der Waals surface area contributed by atoms with Gasteiger partial charge in [-0.25, -0.2) is 0 Å². The van der Waals surface area contributed by atoms with Crippen LogP contribution in [0.25, 0.3) is 0 Å². The first-order valence-corrected chi connectivity index (χ1v) is 12.5. The van der Waals surface area contributed by atoms with E-state index in [1.54, 1.807) is 0 Å². The van der Waals surface area contributed by atoms with Crippen molar-refractivity contribution >= 4 is 46.3 Å². The van der Waals surface area contributed by atoms with Crippen LogP contribution in [0.1, 0.15) is 27.2 Å². The van der Waals surface area contributed by atoms with E-state index in [0.29, 0.717) is 6.42 Å². The van der Waals surface area contributed by atoms with E-state index in [4.69, 9.17) is 30.0 Å². The van der Waals surface area contributed by atoms with Crippen LogP contribution in [0.5, 0.6) is 0 Å². The topological polar surface area (TPSA) is 17.1 Å². The SMILES string of the molecule is CC(=O)C[C](C)(C)[Ge]([Cl])([Cl])[Cl]. The van der Waals surface area contributed by atoms with Crippen LogP contribution in [0.2, 0.25) is 4.25 Å². The summed E-state index contributed by atoms with van der Waals surface area (Å²) < 4.78 is -0.406. The molecule has 66 valence electrons. The Balaban J connectivity index is 4.34. The first-order chi connectivity index (χ1) is 4.67. The summed E-state index contributed by atoms with van der Waals surface area (Å²) in [4.78, 5) is 10.8. The zero-order chi connectivity index (χ0) is 9.28. The number of rotatable bonds is 3. The minimum absolute atomic E-state index is 0.0759. The van der Waals surface area contributed by atoms with E-state index in [1.807, 2.05) is 13.8 Å². The van der Waals surface area contributed by atoms with Crippen molar-refractivity contribution in [3.05, 3.63) is 0 Å². The maximum absolute atomic E-state index is 10.8. The summed E-state index contributed by atoms with van der Waals surface area (Å²) in [7, 11) is 14.3. The summed E-state index contributed by atoms with van der Waals surface area (Å²) in [6, 6.07) is 0. The van der Waals surface area contributed by atoms with Crippen molar-refractivity contribution in [2.24, 2.45) is 0 Å². The summed E-state index contributed by atoms with van der Waals surface area (Å²) in [5, 5.41) is 0. The Bertz CT molecular complexity index is 162. The second-order valence-electron chi connectivity index (χ2n) is 3.26. The molecule has 0 spiro atoms. The number of carbonyl (C=O) groups excluding carboxylic acids is 1. The molecule has 0 bridgehead atoms. The standard InChI is InChI=1S/C6H11Cl3GeO/c1-5(11)4-6(2,3)10(7,8)9/h4H2,1-3H3. The number of halogens is 3. The number of ketones is 1. The fraction of sp³-hybridized carbons (Fsp3) is 0.833. The van der Waals surface area contributed by atoms with Gasteiger partial charge in [0.15, 0.2) is 0 Å². The molecule has 0 aliphatic rings. The Morgan fingerprint density at radius 1 is 1.36 bits per heavy atom. The van der Waals surface area contributed by atoms with Gasteiger partial charge in [0.2, 0.25) is 0 Å². The fourth-order valence-corrected chi connectivity index (χ4v) is 2.71. The minimum atomic E-state index is -3.23. The van der Waals surface area contributed by atoms with Crippen molar-refractivity contribution < 1.29 is 4.79 Å². The third kappa shape index (κ3) is 4.02. The normalized spacial score (nSPS) is 13.3. The van der Waals surface area contributed by atoms with Crippen LogP contribution in [0.4, 0.5) is 0 Å². The Kier molecular flexibility index (Phi) is 4.24. The van der Waals surface area contributed by atoms with Gasteiger partial charge in [0.05, 0.1) is 0 Å². The molecule has 0 unspecified atom stereocenters. The second kappa shape index (κ2) is 3.86. The van der Waals surface area contributed by atoms with Gasteiger partial charge in [-0.2, -0.15) is 0 Å². The monoisotopic (exact) mass is 278 g/mol. The van der Waals surface area contributed by atoms with Crippen LogP contribution < -0.4 is 0 Å². The molecule has 5 heteroatoms. The molecule has 1 nitrogen and oxygen atoms in total. The summed E-state index contributed by atoms with van der Waals surface area (Å²) >= 11 is 0. The second-order valence-corrected chi connectivity index (χ2v) is 20.0. The van der Waals surface area contributed by atoms with Gasteiger partial charge in [0, 0.05) is 0 Å². The summed E-state index contributed by atoms with van der Waals surface area (Å²) in [5.74, 6) is 0.0759. The molecule has 0 aliphatic carbocycles. The first kappa shape index (κ1) is 12.1. The molecule has 0 aromatic heterocycles. The predicted octanol–water partition coefficient (Wildman–Crippen LogP) is 3.40. The number of Topliss-reactive ketones (excluding diaryl/α,β-unsaturated/α-hetero) is 1. The van der Waals surface area contributed by atoms with E-state index in [1.165, 1.54) is 6.92 Å². The van der Waals surface area contributed by atoms with Crippen LogP contribution in [0.3, 0.4) is 0 Å². The van der Waals surface area contributed by atoms with Crippen molar-refractivity contribution in [2.75, 3.05) is 0 Å². The van der Waals surface area contributed by atoms with E-state index >= 15 is 0 Å². The van der Waals surface area contributed by atoms with E-state index in [9.17, 15) is 4.79 Å². The van der Waals surface area contributed by atoms with E-state index in [2.05, 4.69) is 0 Å². The van der Waals surface area contributed by atoms with Crippen LogP contribution in [-0.2, 0) is 4.79 Å². The number of carbonyl (C=O) groups is 1. The first-order valence-electron chi connectivity index (χ1n) is 3.23. The maximum atomic E-state index is 10.8. The number of hydrogen-bond donors (Lipinski definition) is 0. The summed E-state index contributed by atoms with van der Waals surface area (Å²) in [6.45, 7) is 5.18. The van der Waals surface area contributed by atoms with Gasteiger partial charge in [-0.1, -0.05) is 0 Å². The molecule has 0 atom stereocenters. The molecule has 0 radical (unpaired) electrons. The Morgan fingerprint density at radius 2 is 1.73 bits per heavy atom. The van der Waals surface area contributed by atoms with Crippen molar-refractivity contribution in [3.8, 4) is 0 Å². The van der Waals surface area contributed by atoms with Crippen molar-refractivity contribution in [2.45, 2.75) is 31.4 Å². The van der Waals surface area contributed by atoms with E-state index in [-0.39, 0.29) is 5.78 Å². The van der Waals surface area contributed by atoms with Crippen molar-refractivity contribution in [1.29, 1.82) is 0 Å². The molecule has 11 heavy (non-hydrogen) atoms. The quantitative estimate of drug-likeness (QED) is 0.723. The molecular weight excluding hydrogens is 267 g/mol. The molecule has 0 aromatic rings. The molecule has 0 heterocycles. The molecule has 0 N–H and O–H groups in total. The van der Waals surface area contributed by atoms with Crippen LogP contribution in [0.15, 0.2) is 0 Å². The van der Waals surface area contributed by atoms with Crippen LogP contribution in [0, 0.1) is 0 Å². The third-order valence-corrected chi connectivity index (χ3v) is 13.0. The zero-order valence-electron chi connectivity index (χ0n) is 6.75. The van der Waals surface area contributed by atoms with Crippen molar-refractivity contribution in [1.82, 2.24) is 0 Å². The molecular formula is C6H11Cl3GeO. The van der Waals surface area contributed by atoms with Gasteiger partial charge in [-0.15, -0.1) is 0 Å². The Labute approximate surface area is 82.3 Å². The van der Waals surface area contributed by atoms with Crippen LogP contribution in [-0.4, -0.2) is 16.3 Å². The average molecular weight is 278 g/mol. The van der Waals surface area contributed by atoms with Gasteiger partial charge >= 0.3 is 82.5 Å². The fourth-order valence-electron chi connectivity index (χ4n) is 0.723. The molecule has 0 saturated heterocycles. The average Bonchev–Trinajstić information content (AvgIpc) is 1.56. The Morgan fingerprint density at radius 3 is 1.82 bits per heavy atom. The predicted molar refractivity (Wildman–Crippen MR) is 52.7 cm³/mol. The van der Waals surface area contributed by atoms with Gasteiger partial charge < -0.3 is 0 Å². The summed E-state index contributed by atoms with van der Waals surface area (Å²) in [6.07, 6.45) is 0.365. The molecule has 0 aromatic carbocycles. The van der Waals surface area contributed by atoms with Crippen molar-refractivity contribution in [3.63, 3.8) is 0 Å². The molecule has 0 rings (SSSR count). The Hall–Kier alpha value is 1.08. The van der Waals surface area contributed by atoms with Crippen LogP contribution >= 0.6 is 30.0 Å². The summed E-state index contributed by atoms with van der Waals surface area (Å²) in [5.41, 5.74) is 0. The molecule has 0 saturated carbocycles. The van der Waals surface area contributed by atoms with Gasteiger partial charge in [-0.05, 0) is 0 Å². The molecule has 0 amide bonds. The number of hydrogen-bond acceptors (Lipinski definition) is 1. The van der Waals surface area contributed by atoms with Gasteiger partial charge in [-0.3, -0.25) is 0 Å². The third-order valence-electron chi connectivity index (χ3n) is 1.46. The zero-order valence-corrected chi connectivity index (χ0v) is 11.1.